The number of fused-ring (bicyclic) bond motifs is 1. The summed E-state index contributed by atoms with van der Waals surface area (Å²) >= 11 is 0. The highest BCUT2D eigenvalue weighted by molar-refractivity contribution is 5.51. The highest BCUT2D eigenvalue weighted by Gasteiger charge is 2.29. The summed E-state index contributed by atoms with van der Waals surface area (Å²) in [5, 5.41) is 0. The number of allylic oxidation sites excluding steroid dienone is 3. The summed E-state index contributed by atoms with van der Waals surface area (Å²) in [6.45, 7) is 6.52. The van der Waals surface area contributed by atoms with E-state index in [4.69, 9.17) is 4.74 Å². The fourth-order valence-corrected chi connectivity index (χ4v) is 2.20. The van der Waals surface area contributed by atoms with Gasteiger partial charge in [-0.05, 0) is 30.1 Å². The molecule has 0 aromatic heterocycles. The van der Waals surface area contributed by atoms with Crippen LogP contribution < -0.4 is 0 Å². The van der Waals surface area contributed by atoms with Crippen LogP contribution in [0.2, 0.25) is 0 Å². The maximum absolute atomic E-state index is 5.77. The van der Waals surface area contributed by atoms with Crippen molar-refractivity contribution in [3.05, 3.63) is 34.6 Å². The molecule has 1 heteroatoms. The van der Waals surface area contributed by atoms with Crippen molar-refractivity contribution in [1.82, 2.24) is 0 Å². The fraction of sp³-hybridized carbons (Fsp3) is 0.538. The predicted octanol–water partition coefficient (Wildman–Crippen LogP) is 3.54. The van der Waals surface area contributed by atoms with Gasteiger partial charge in [0.25, 0.3) is 0 Å². The summed E-state index contributed by atoms with van der Waals surface area (Å²) in [5.74, 6) is 1.02. The minimum atomic E-state index is 0.190. The molecular weight excluding hydrogens is 172 g/mol. The van der Waals surface area contributed by atoms with Gasteiger partial charge >= 0.3 is 0 Å². The number of hydrogen-bond acceptors (Lipinski definition) is 1. The van der Waals surface area contributed by atoms with Gasteiger partial charge in [-0.25, -0.2) is 0 Å². The van der Waals surface area contributed by atoms with Crippen molar-refractivity contribution in [3.63, 3.8) is 0 Å². The van der Waals surface area contributed by atoms with Gasteiger partial charge in [0.1, 0.15) is 11.9 Å². The standard InChI is InChI=1S/C13H17O/c1-4-9-7-13-12(11(9)6-3)8-10(5-2)14-13/h7,13H,4-6H2,1-3H3. The van der Waals surface area contributed by atoms with E-state index in [-0.39, 0.29) is 6.10 Å². The van der Waals surface area contributed by atoms with E-state index >= 15 is 0 Å². The van der Waals surface area contributed by atoms with E-state index in [2.05, 4.69) is 32.9 Å². The van der Waals surface area contributed by atoms with Crippen LogP contribution in [-0.2, 0) is 4.74 Å². The molecule has 0 spiro atoms. The Hall–Kier alpha value is -0.980. The second kappa shape index (κ2) is 3.64. The zero-order valence-electron chi connectivity index (χ0n) is 9.18. The van der Waals surface area contributed by atoms with Crippen LogP contribution in [0.1, 0.15) is 40.0 Å². The minimum absolute atomic E-state index is 0.190. The first-order valence-electron chi connectivity index (χ1n) is 5.53. The number of rotatable bonds is 3. The normalized spacial score (nSPS) is 24.6. The predicted molar refractivity (Wildman–Crippen MR) is 57.6 cm³/mol. The topological polar surface area (TPSA) is 9.23 Å². The third-order valence-electron chi connectivity index (χ3n) is 2.95. The Morgan fingerprint density at radius 3 is 2.57 bits per heavy atom. The van der Waals surface area contributed by atoms with Crippen LogP contribution in [-0.4, -0.2) is 6.10 Å². The van der Waals surface area contributed by atoms with Crippen LogP contribution in [0.25, 0.3) is 0 Å². The van der Waals surface area contributed by atoms with E-state index in [1.807, 2.05) is 0 Å². The first-order valence-corrected chi connectivity index (χ1v) is 5.53. The van der Waals surface area contributed by atoms with Crippen LogP contribution in [0.5, 0.6) is 0 Å². The largest absolute Gasteiger partial charge is 0.485 e. The molecule has 1 heterocycles. The maximum Gasteiger partial charge on any atom is 0.143 e. The average Bonchev–Trinajstić information content (AvgIpc) is 2.72. The van der Waals surface area contributed by atoms with Crippen LogP contribution >= 0.6 is 0 Å². The Kier molecular flexibility index (Phi) is 2.49. The lowest BCUT2D eigenvalue weighted by molar-refractivity contribution is 0.198. The van der Waals surface area contributed by atoms with Gasteiger partial charge in [-0.1, -0.05) is 20.8 Å². The highest BCUT2D eigenvalue weighted by Crippen LogP contribution is 2.38. The lowest BCUT2D eigenvalue weighted by Gasteiger charge is -2.05. The first-order chi connectivity index (χ1) is 6.80. The van der Waals surface area contributed by atoms with Crippen molar-refractivity contribution in [3.8, 4) is 0 Å². The summed E-state index contributed by atoms with van der Waals surface area (Å²) < 4.78 is 5.77. The molecule has 14 heavy (non-hydrogen) atoms. The van der Waals surface area contributed by atoms with Gasteiger partial charge in [0.2, 0.25) is 0 Å². The summed E-state index contributed by atoms with van der Waals surface area (Å²) in [4.78, 5) is 0. The van der Waals surface area contributed by atoms with Gasteiger partial charge in [-0.3, -0.25) is 0 Å². The van der Waals surface area contributed by atoms with Crippen LogP contribution in [0.3, 0.4) is 0 Å². The molecule has 0 fully saturated rings. The van der Waals surface area contributed by atoms with Crippen LogP contribution in [0, 0.1) is 6.08 Å². The summed E-state index contributed by atoms with van der Waals surface area (Å²) in [6, 6.07) is 0. The molecule has 1 atom stereocenters. The molecular formula is C13H17O. The SMILES string of the molecule is CCC1=[C]C2=C(CC)C(CC)=CC2O1. The van der Waals surface area contributed by atoms with Crippen molar-refractivity contribution in [2.45, 2.75) is 46.1 Å². The molecule has 1 aliphatic carbocycles. The summed E-state index contributed by atoms with van der Waals surface area (Å²) in [6.07, 6.45) is 8.99. The number of hydrogen-bond donors (Lipinski definition) is 0. The molecule has 1 unspecified atom stereocenters. The molecule has 0 bridgehead atoms. The monoisotopic (exact) mass is 189 g/mol. The van der Waals surface area contributed by atoms with Gasteiger partial charge in [0.15, 0.2) is 0 Å². The van der Waals surface area contributed by atoms with Crippen molar-refractivity contribution in [2.75, 3.05) is 0 Å². The smallest absolute Gasteiger partial charge is 0.143 e. The second-order valence-corrected chi connectivity index (χ2v) is 3.73. The Labute approximate surface area is 86.2 Å². The zero-order valence-corrected chi connectivity index (χ0v) is 9.18. The molecule has 1 aliphatic heterocycles. The van der Waals surface area contributed by atoms with Gasteiger partial charge in [0.05, 0.1) is 0 Å². The fourth-order valence-electron chi connectivity index (χ4n) is 2.20. The van der Waals surface area contributed by atoms with E-state index in [0.717, 1.165) is 25.0 Å². The van der Waals surface area contributed by atoms with Gasteiger partial charge in [0, 0.05) is 18.1 Å². The molecule has 0 N–H and O–H groups in total. The van der Waals surface area contributed by atoms with Crippen LogP contribution in [0.4, 0.5) is 0 Å². The molecule has 1 radical (unpaired) electrons. The molecule has 2 rings (SSSR count). The molecule has 0 saturated heterocycles. The quantitative estimate of drug-likeness (QED) is 0.659. The maximum atomic E-state index is 5.77. The van der Waals surface area contributed by atoms with Gasteiger partial charge in [-0.15, -0.1) is 0 Å². The zero-order chi connectivity index (χ0) is 10.1. The van der Waals surface area contributed by atoms with Crippen molar-refractivity contribution in [1.29, 1.82) is 0 Å². The molecule has 0 saturated carbocycles. The van der Waals surface area contributed by atoms with Crippen molar-refractivity contribution >= 4 is 0 Å². The molecule has 0 aromatic rings. The Balaban J connectivity index is 2.33. The Morgan fingerprint density at radius 2 is 2.00 bits per heavy atom. The Bertz CT molecular complexity index is 331. The van der Waals surface area contributed by atoms with Crippen molar-refractivity contribution in [2.24, 2.45) is 0 Å². The number of ether oxygens (including phenoxy) is 1. The van der Waals surface area contributed by atoms with E-state index in [9.17, 15) is 0 Å². The summed E-state index contributed by atoms with van der Waals surface area (Å²) in [5.41, 5.74) is 4.21. The molecule has 2 aliphatic rings. The first kappa shape index (κ1) is 9.57. The Morgan fingerprint density at radius 1 is 1.21 bits per heavy atom. The lowest BCUT2D eigenvalue weighted by Crippen LogP contribution is -2.01. The highest BCUT2D eigenvalue weighted by atomic mass is 16.5. The van der Waals surface area contributed by atoms with E-state index in [1.165, 1.54) is 16.7 Å². The summed E-state index contributed by atoms with van der Waals surface area (Å²) in [7, 11) is 0. The average molecular weight is 189 g/mol. The van der Waals surface area contributed by atoms with Crippen LogP contribution in [0.15, 0.2) is 28.6 Å². The van der Waals surface area contributed by atoms with E-state index in [1.54, 1.807) is 0 Å². The minimum Gasteiger partial charge on any atom is -0.485 e. The van der Waals surface area contributed by atoms with E-state index in [0.29, 0.717) is 0 Å². The van der Waals surface area contributed by atoms with E-state index < -0.39 is 0 Å². The molecule has 0 aromatic carbocycles. The lowest BCUT2D eigenvalue weighted by atomic mass is 10.0. The van der Waals surface area contributed by atoms with Gasteiger partial charge in [-0.2, -0.15) is 0 Å². The molecule has 75 valence electrons. The van der Waals surface area contributed by atoms with Crippen molar-refractivity contribution < 1.29 is 4.74 Å². The molecule has 0 amide bonds. The van der Waals surface area contributed by atoms with Gasteiger partial charge < -0.3 is 4.74 Å². The third-order valence-corrected chi connectivity index (χ3v) is 2.95. The third kappa shape index (κ3) is 1.31. The molecule has 1 nitrogen and oxygen atoms in total. The second-order valence-electron chi connectivity index (χ2n) is 3.73.